The molecule has 0 atom stereocenters. The number of quaternary nitrogens is 2. The molecular weight excluding hydrogens is 644 g/mol. The SMILES string of the molecule is C=C(C)C(=O)OC[N+](CC)(CC)CC.C=C(C)C(=O)OC[N+]1(C)CCC(CC)CC1.C=C(C)C(=O)OC[n+]1ccc(-c2cc[n+](CC)cc2)cc1. The summed E-state index contributed by atoms with van der Waals surface area (Å²) in [6.07, 6.45) is 11.7. The fraction of sp³-hybridized carbons (Fsp3) is 0.537. The molecule has 282 valence electrons. The van der Waals surface area contributed by atoms with Crippen LogP contribution in [-0.2, 0) is 41.9 Å². The minimum absolute atomic E-state index is 0.191. The second kappa shape index (κ2) is 22.6. The number of likely N-dealkylation sites (tertiary alicyclic amines) is 1. The van der Waals surface area contributed by atoms with E-state index in [1.54, 1.807) is 25.3 Å². The number of esters is 3. The van der Waals surface area contributed by atoms with Crippen LogP contribution in [0.25, 0.3) is 11.1 Å². The van der Waals surface area contributed by atoms with E-state index in [1.165, 1.54) is 19.3 Å². The van der Waals surface area contributed by atoms with Crippen LogP contribution in [0, 0.1) is 5.92 Å². The molecule has 1 saturated heterocycles. The number of nitrogens with zero attached hydrogens (tertiary/aromatic N) is 4. The smallest absolute Gasteiger partial charge is 0.337 e. The van der Waals surface area contributed by atoms with Gasteiger partial charge in [-0.25, -0.2) is 19.0 Å². The van der Waals surface area contributed by atoms with Crippen LogP contribution >= 0.6 is 0 Å². The molecule has 10 nitrogen and oxygen atoms in total. The molecular formula is C41H66N4O6+4. The van der Waals surface area contributed by atoms with E-state index in [1.807, 2.05) is 24.5 Å². The fourth-order valence-electron chi connectivity index (χ4n) is 5.24. The van der Waals surface area contributed by atoms with Gasteiger partial charge in [0.05, 0.1) is 39.8 Å². The Hall–Kier alpha value is -4.15. The first-order chi connectivity index (χ1) is 24.1. The maximum Gasteiger partial charge on any atom is 0.337 e. The summed E-state index contributed by atoms with van der Waals surface area (Å²) in [6, 6.07) is 8.18. The Kier molecular flexibility index (Phi) is 19.9. The standard InChI is InChI=1S/C17H20N2O2.C13H24NO2.C11H22NO2/c1-4-18-9-5-15(6-10-18)16-7-11-19(12-8-16)13-21-17(20)14(2)3;1-5-12-6-8-14(4,9-7-12)10-16-13(15)11(2)3;1-6-12(7-2,8-3)9-14-11(13)10(4)5/h5-12H,2,4,13H2,1,3H3;12H,2,5-10H2,1,3-4H3;4,6-9H2,1-3,5H3/q+2;2*+1. The number of carbonyl (C=O) groups excluding carboxylic acids is 3. The summed E-state index contributed by atoms with van der Waals surface area (Å²) >= 11 is 0. The van der Waals surface area contributed by atoms with Crippen molar-refractivity contribution in [1.29, 1.82) is 0 Å². The number of hydrogen-bond donors (Lipinski definition) is 0. The lowest BCUT2D eigenvalue weighted by Gasteiger charge is -2.39. The Bertz CT molecular complexity index is 1410. The van der Waals surface area contributed by atoms with Gasteiger partial charge in [-0.2, -0.15) is 4.57 Å². The molecule has 2 aromatic heterocycles. The van der Waals surface area contributed by atoms with Crippen LogP contribution in [0.5, 0.6) is 0 Å². The van der Waals surface area contributed by atoms with Gasteiger partial charge >= 0.3 is 17.9 Å². The number of ether oxygens (including phenoxy) is 3. The van der Waals surface area contributed by atoms with Crippen molar-refractivity contribution in [2.75, 3.05) is 53.2 Å². The molecule has 0 spiro atoms. The zero-order valence-electron chi connectivity index (χ0n) is 33.0. The molecule has 0 aliphatic carbocycles. The van der Waals surface area contributed by atoms with E-state index in [-0.39, 0.29) is 24.6 Å². The first-order valence-electron chi connectivity index (χ1n) is 18.2. The van der Waals surface area contributed by atoms with Crippen molar-refractivity contribution in [2.45, 2.75) is 87.9 Å². The Morgan fingerprint density at radius 2 is 1.12 bits per heavy atom. The predicted molar refractivity (Wildman–Crippen MR) is 201 cm³/mol. The Morgan fingerprint density at radius 3 is 1.51 bits per heavy atom. The van der Waals surface area contributed by atoms with Crippen LogP contribution in [-0.4, -0.2) is 80.1 Å². The molecule has 10 heteroatoms. The molecule has 1 aliphatic heterocycles. The highest BCUT2D eigenvalue weighted by Gasteiger charge is 2.30. The summed E-state index contributed by atoms with van der Waals surface area (Å²) in [7, 11) is 2.16. The lowest BCUT2D eigenvalue weighted by molar-refractivity contribution is -0.938. The average molecular weight is 711 g/mol. The van der Waals surface area contributed by atoms with E-state index in [9.17, 15) is 14.4 Å². The van der Waals surface area contributed by atoms with Crippen LogP contribution < -0.4 is 9.13 Å². The molecule has 1 fully saturated rings. The van der Waals surface area contributed by atoms with Gasteiger partial charge in [0.25, 0.3) is 6.73 Å². The number of aryl methyl sites for hydroxylation is 1. The van der Waals surface area contributed by atoms with E-state index in [0.29, 0.717) is 30.2 Å². The molecule has 1 aliphatic rings. The molecule has 0 N–H and O–H groups in total. The molecule has 51 heavy (non-hydrogen) atoms. The van der Waals surface area contributed by atoms with Gasteiger partial charge < -0.3 is 14.2 Å². The first-order valence-corrected chi connectivity index (χ1v) is 18.2. The second-order valence-electron chi connectivity index (χ2n) is 13.8. The number of pyridine rings is 2. The molecule has 0 bridgehead atoms. The summed E-state index contributed by atoms with van der Waals surface area (Å²) in [6.45, 7) is 33.6. The van der Waals surface area contributed by atoms with Crippen LogP contribution in [0.4, 0.5) is 0 Å². The van der Waals surface area contributed by atoms with E-state index in [2.05, 4.69) is 90.5 Å². The van der Waals surface area contributed by atoms with E-state index in [0.717, 1.165) is 65.3 Å². The monoisotopic (exact) mass is 710 g/mol. The third-order valence-electron chi connectivity index (χ3n) is 9.59. The molecule has 3 heterocycles. The summed E-state index contributed by atoms with van der Waals surface area (Å²) in [5, 5.41) is 0. The van der Waals surface area contributed by atoms with E-state index in [4.69, 9.17) is 14.2 Å². The van der Waals surface area contributed by atoms with Gasteiger partial charge in [-0.1, -0.05) is 33.1 Å². The first kappa shape index (κ1) is 44.9. The zero-order chi connectivity index (χ0) is 38.6. The van der Waals surface area contributed by atoms with Gasteiger partial charge in [0.15, 0.2) is 24.8 Å². The summed E-state index contributed by atoms with van der Waals surface area (Å²) in [5.74, 6) is -0.0680. The third kappa shape index (κ3) is 16.2. The minimum atomic E-state index is -0.376. The molecule has 3 rings (SSSR count). The van der Waals surface area contributed by atoms with E-state index >= 15 is 0 Å². The molecule has 0 aromatic carbocycles. The fourth-order valence-corrected chi connectivity index (χ4v) is 5.24. The van der Waals surface area contributed by atoms with Gasteiger partial charge in [-0.15, -0.1) is 0 Å². The molecule has 0 saturated carbocycles. The maximum atomic E-state index is 11.3. The summed E-state index contributed by atoms with van der Waals surface area (Å²) in [5.41, 5.74) is 3.63. The van der Waals surface area contributed by atoms with Crippen molar-refractivity contribution in [2.24, 2.45) is 5.92 Å². The van der Waals surface area contributed by atoms with Crippen molar-refractivity contribution in [3.8, 4) is 11.1 Å². The second-order valence-corrected chi connectivity index (χ2v) is 13.8. The topological polar surface area (TPSA) is 86.7 Å². The van der Waals surface area contributed by atoms with Crippen LogP contribution in [0.2, 0.25) is 0 Å². The predicted octanol–water partition coefficient (Wildman–Crippen LogP) is 6.29. The number of hydrogen-bond acceptors (Lipinski definition) is 6. The highest BCUT2D eigenvalue weighted by Crippen LogP contribution is 2.24. The number of piperidine rings is 1. The summed E-state index contributed by atoms with van der Waals surface area (Å²) in [4.78, 5) is 33.8. The quantitative estimate of drug-likeness (QED) is 0.0539. The Labute approximate surface area is 307 Å². The Morgan fingerprint density at radius 1 is 0.706 bits per heavy atom. The number of rotatable bonds is 15. The highest BCUT2D eigenvalue weighted by atomic mass is 16.6. The number of carbonyl (C=O) groups is 3. The van der Waals surface area contributed by atoms with E-state index < -0.39 is 0 Å². The molecule has 0 amide bonds. The maximum absolute atomic E-state index is 11.3. The van der Waals surface area contributed by atoms with Gasteiger partial charge in [-0.05, 0) is 78.4 Å². The normalized spacial score (nSPS) is 16.6. The lowest BCUT2D eigenvalue weighted by atomic mass is 9.93. The van der Waals surface area contributed by atoms with Crippen LogP contribution in [0.3, 0.4) is 0 Å². The van der Waals surface area contributed by atoms with Crippen molar-refractivity contribution in [1.82, 2.24) is 0 Å². The van der Waals surface area contributed by atoms with Gasteiger partial charge in [0.2, 0.25) is 13.5 Å². The van der Waals surface area contributed by atoms with Crippen molar-refractivity contribution >= 4 is 17.9 Å². The lowest BCUT2D eigenvalue weighted by Crippen LogP contribution is -2.51. The average Bonchev–Trinajstić information content (AvgIpc) is 3.14. The van der Waals surface area contributed by atoms with Crippen molar-refractivity contribution in [3.05, 3.63) is 85.5 Å². The van der Waals surface area contributed by atoms with Crippen molar-refractivity contribution in [3.63, 3.8) is 0 Å². The third-order valence-corrected chi connectivity index (χ3v) is 9.59. The largest absolute Gasteiger partial charge is 0.412 e. The Balaban J connectivity index is 0.000000393. The number of aromatic nitrogens is 2. The van der Waals surface area contributed by atoms with Gasteiger partial charge in [-0.3, -0.25) is 8.97 Å². The summed E-state index contributed by atoms with van der Waals surface area (Å²) < 4.78 is 21.1. The van der Waals surface area contributed by atoms with Crippen LogP contribution in [0.1, 0.15) is 74.7 Å². The van der Waals surface area contributed by atoms with Gasteiger partial charge in [0, 0.05) is 41.0 Å². The van der Waals surface area contributed by atoms with Gasteiger partial charge in [0.1, 0.15) is 6.54 Å². The zero-order valence-corrected chi connectivity index (χ0v) is 33.0. The highest BCUT2D eigenvalue weighted by molar-refractivity contribution is 5.87. The minimum Gasteiger partial charge on any atom is -0.412 e. The molecule has 2 aromatic rings. The molecule has 0 unspecified atom stereocenters. The van der Waals surface area contributed by atoms with Crippen molar-refractivity contribution < 1.29 is 46.7 Å². The molecule has 0 radical (unpaired) electrons. The van der Waals surface area contributed by atoms with Crippen LogP contribution in [0.15, 0.2) is 85.5 Å².